The van der Waals surface area contributed by atoms with Gasteiger partial charge in [-0.05, 0) is 43.9 Å². The van der Waals surface area contributed by atoms with E-state index in [0.29, 0.717) is 6.54 Å². The van der Waals surface area contributed by atoms with E-state index in [1.807, 2.05) is 6.07 Å². The van der Waals surface area contributed by atoms with Gasteiger partial charge in [0.1, 0.15) is 0 Å². The highest BCUT2D eigenvalue weighted by atomic mass is 16.5. The average Bonchev–Trinajstić information content (AvgIpc) is 2.82. The van der Waals surface area contributed by atoms with E-state index in [2.05, 4.69) is 30.4 Å². The molecule has 2 rings (SSSR count). The Balaban J connectivity index is 1.75. The van der Waals surface area contributed by atoms with Gasteiger partial charge in [0.2, 0.25) is 0 Å². The normalized spacial score (nSPS) is 23.4. The van der Waals surface area contributed by atoms with Crippen molar-refractivity contribution in [3.8, 4) is 0 Å². The van der Waals surface area contributed by atoms with Crippen LogP contribution in [0.2, 0.25) is 0 Å². The monoisotopic (exact) mass is 248 g/mol. The standard InChI is InChI=1S/C15H24N2O/c1-15(8-4-10-18-15)12-17-9-7-13-5-2-3-6-14(13)11-16/h2-3,5-6,17H,4,7-12,16H2,1H3. The third-order valence-electron chi connectivity index (χ3n) is 3.71. The molecule has 18 heavy (non-hydrogen) atoms. The van der Waals surface area contributed by atoms with Crippen LogP contribution in [0.25, 0.3) is 0 Å². The van der Waals surface area contributed by atoms with Gasteiger partial charge in [0.25, 0.3) is 0 Å². The van der Waals surface area contributed by atoms with Gasteiger partial charge in [-0.15, -0.1) is 0 Å². The van der Waals surface area contributed by atoms with Gasteiger partial charge in [0.05, 0.1) is 5.60 Å². The van der Waals surface area contributed by atoms with Gasteiger partial charge in [0, 0.05) is 19.7 Å². The zero-order chi connectivity index (χ0) is 12.8. The van der Waals surface area contributed by atoms with Crippen molar-refractivity contribution in [2.75, 3.05) is 19.7 Å². The van der Waals surface area contributed by atoms with Crippen LogP contribution in [0.15, 0.2) is 24.3 Å². The molecule has 0 aromatic heterocycles. The number of nitrogens with two attached hydrogens (primary N) is 1. The molecule has 1 atom stereocenters. The summed E-state index contributed by atoms with van der Waals surface area (Å²) in [5.41, 5.74) is 8.39. The summed E-state index contributed by atoms with van der Waals surface area (Å²) in [4.78, 5) is 0. The van der Waals surface area contributed by atoms with Gasteiger partial charge in [0.15, 0.2) is 0 Å². The molecule has 3 N–H and O–H groups in total. The Morgan fingerprint density at radius 1 is 1.33 bits per heavy atom. The quantitative estimate of drug-likeness (QED) is 0.755. The molecule has 0 bridgehead atoms. The molecule has 0 radical (unpaired) electrons. The molecule has 1 aromatic rings. The van der Waals surface area contributed by atoms with Gasteiger partial charge in [-0.25, -0.2) is 0 Å². The molecule has 0 saturated carbocycles. The molecule has 1 saturated heterocycles. The van der Waals surface area contributed by atoms with Crippen molar-refractivity contribution in [3.05, 3.63) is 35.4 Å². The van der Waals surface area contributed by atoms with E-state index in [4.69, 9.17) is 10.5 Å². The molecule has 1 aromatic carbocycles. The summed E-state index contributed by atoms with van der Waals surface area (Å²) in [6.45, 7) is 5.65. The van der Waals surface area contributed by atoms with E-state index in [9.17, 15) is 0 Å². The van der Waals surface area contributed by atoms with Crippen LogP contribution in [0.3, 0.4) is 0 Å². The first kappa shape index (κ1) is 13.5. The highest BCUT2D eigenvalue weighted by Crippen LogP contribution is 2.23. The number of benzene rings is 1. The van der Waals surface area contributed by atoms with Crippen LogP contribution >= 0.6 is 0 Å². The van der Waals surface area contributed by atoms with Crippen molar-refractivity contribution in [3.63, 3.8) is 0 Å². The van der Waals surface area contributed by atoms with E-state index >= 15 is 0 Å². The Kier molecular flexibility index (Phi) is 4.75. The molecule has 1 unspecified atom stereocenters. The molecular weight excluding hydrogens is 224 g/mol. The van der Waals surface area contributed by atoms with Crippen molar-refractivity contribution in [1.29, 1.82) is 0 Å². The molecule has 0 spiro atoms. The lowest BCUT2D eigenvalue weighted by atomic mass is 10.0. The van der Waals surface area contributed by atoms with Crippen LogP contribution in [0.5, 0.6) is 0 Å². The van der Waals surface area contributed by atoms with E-state index in [-0.39, 0.29) is 5.60 Å². The number of rotatable bonds is 6. The molecule has 0 aliphatic carbocycles. The number of hydrogen-bond donors (Lipinski definition) is 2. The lowest BCUT2D eigenvalue weighted by molar-refractivity contribution is 0.0211. The summed E-state index contributed by atoms with van der Waals surface area (Å²) in [6.07, 6.45) is 3.39. The second kappa shape index (κ2) is 6.32. The zero-order valence-electron chi connectivity index (χ0n) is 11.2. The van der Waals surface area contributed by atoms with Crippen LogP contribution in [-0.4, -0.2) is 25.3 Å². The average molecular weight is 248 g/mol. The van der Waals surface area contributed by atoms with E-state index in [0.717, 1.165) is 26.1 Å². The van der Waals surface area contributed by atoms with E-state index in [1.54, 1.807) is 0 Å². The van der Waals surface area contributed by atoms with Crippen molar-refractivity contribution in [2.45, 2.75) is 38.3 Å². The molecule has 3 heteroatoms. The zero-order valence-corrected chi connectivity index (χ0v) is 11.2. The minimum Gasteiger partial charge on any atom is -0.374 e. The first-order valence-electron chi connectivity index (χ1n) is 6.85. The predicted octanol–water partition coefficient (Wildman–Crippen LogP) is 1.85. The summed E-state index contributed by atoms with van der Waals surface area (Å²) in [5, 5.41) is 3.50. The lowest BCUT2D eigenvalue weighted by Gasteiger charge is -2.23. The Bertz CT molecular complexity index is 373. The fraction of sp³-hybridized carbons (Fsp3) is 0.600. The van der Waals surface area contributed by atoms with Gasteiger partial charge in [-0.1, -0.05) is 24.3 Å². The van der Waals surface area contributed by atoms with Crippen molar-refractivity contribution in [2.24, 2.45) is 5.73 Å². The molecular formula is C15H24N2O. The van der Waals surface area contributed by atoms with Crippen LogP contribution in [-0.2, 0) is 17.7 Å². The van der Waals surface area contributed by atoms with Gasteiger partial charge in [-0.3, -0.25) is 0 Å². The summed E-state index contributed by atoms with van der Waals surface area (Å²) < 4.78 is 5.76. The minimum absolute atomic E-state index is 0.0490. The summed E-state index contributed by atoms with van der Waals surface area (Å²) in [7, 11) is 0. The first-order valence-corrected chi connectivity index (χ1v) is 6.85. The maximum absolute atomic E-state index is 5.76. The van der Waals surface area contributed by atoms with Crippen molar-refractivity contribution < 1.29 is 4.74 Å². The minimum atomic E-state index is 0.0490. The lowest BCUT2D eigenvalue weighted by Crippen LogP contribution is -2.38. The predicted molar refractivity (Wildman–Crippen MR) is 74.5 cm³/mol. The SMILES string of the molecule is CC1(CNCCc2ccccc2CN)CCCO1. The maximum atomic E-state index is 5.76. The largest absolute Gasteiger partial charge is 0.374 e. The van der Waals surface area contributed by atoms with Gasteiger partial charge < -0.3 is 15.8 Å². The van der Waals surface area contributed by atoms with Crippen LogP contribution in [0, 0.1) is 0 Å². The second-order valence-electron chi connectivity index (χ2n) is 5.30. The second-order valence-corrected chi connectivity index (χ2v) is 5.30. The van der Waals surface area contributed by atoms with Crippen LogP contribution in [0.1, 0.15) is 30.9 Å². The van der Waals surface area contributed by atoms with E-state index in [1.165, 1.54) is 24.0 Å². The third kappa shape index (κ3) is 3.55. The summed E-state index contributed by atoms with van der Waals surface area (Å²) >= 11 is 0. The molecule has 1 aliphatic rings. The Morgan fingerprint density at radius 3 is 2.78 bits per heavy atom. The van der Waals surface area contributed by atoms with Gasteiger partial charge in [-0.2, -0.15) is 0 Å². The Morgan fingerprint density at radius 2 is 2.11 bits per heavy atom. The highest BCUT2D eigenvalue weighted by molar-refractivity contribution is 5.27. The topological polar surface area (TPSA) is 47.3 Å². The van der Waals surface area contributed by atoms with Crippen LogP contribution < -0.4 is 11.1 Å². The third-order valence-corrected chi connectivity index (χ3v) is 3.71. The fourth-order valence-electron chi connectivity index (χ4n) is 2.55. The fourth-order valence-corrected chi connectivity index (χ4v) is 2.55. The molecule has 1 fully saturated rings. The van der Waals surface area contributed by atoms with Crippen LogP contribution in [0.4, 0.5) is 0 Å². The summed E-state index contributed by atoms with van der Waals surface area (Å²) in [6, 6.07) is 8.40. The molecule has 1 aliphatic heterocycles. The molecule has 1 heterocycles. The van der Waals surface area contributed by atoms with Crippen molar-refractivity contribution >= 4 is 0 Å². The number of nitrogens with one attached hydrogen (secondary N) is 1. The first-order chi connectivity index (χ1) is 8.73. The number of ether oxygens (including phenoxy) is 1. The van der Waals surface area contributed by atoms with Gasteiger partial charge >= 0.3 is 0 Å². The van der Waals surface area contributed by atoms with E-state index < -0.39 is 0 Å². The Hall–Kier alpha value is -0.900. The smallest absolute Gasteiger partial charge is 0.0779 e. The highest BCUT2D eigenvalue weighted by Gasteiger charge is 2.28. The summed E-state index contributed by atoms with van der Waals surface area (Å²) in [5.74, 6) is 0. The van der Waals surface area contributed by atoms with Crippen molar-refractivity contribution in [1.82, 2.24) is 5.32 Å². The molecule has 3 nitrogen and oxygen atoms in total. The number of hydrogen-bond acceptors (Lipinski definition) is 3. The maximum Gasteiger partial charge on any atom is 0.0779 e. The molecule has 0 amide bonds. The molecule has 100 valence electrons. The Labute approximate surface area is 110 Å².